The van der Waals surface area contributed by atoms with Crippen LogP contribution in [0, 0.1) is 6.92 Å². The van der Waals surface area contributed by atoms with Gasteiger partial charge >= 0.3 is 0 Å². The number of rotatable bonds is 5. The van der Waals surface area contributed by atoms with Crippen molar-refractivity contribution in [2.45, 2.75) is 33.6 Å². The quantitative estimate of drug-likeness (QED) is 0.827. The Morgan fingerprint density at radius 2 is 2.05 bits per heavy atom. The summed E-state index contributed by atoms with van der Waals surface area (Å²) in [4.78, 5) is 4.45. The summed E-state index contributed by atoms with van der Waals surface area (Å²) in [7, 11) is 0. The smallest absolute Gasteiger partial charge is 0.163 e. The zero-order chi connectivity index (χ0) is 15.4. The van der Waals surface area contributed by atoms with Crippen LogP contribution < -0.4 is 11.1 Å². The number of pyridine rings is 1. The van der Waals surface area contributed by atoms with E-state index in [1.54, 1.807) is 12.4 Å². The maximum Gasteiger partial charge on any atom is 0.163 e. The number of nitrogens with zero attached hydrogens (tertiary/aromatic N) is 3. The van der Waals surface area contributed by atoms with Crippen LogP contribution in [0.2, 0.25) is 0 Å². The van der Waals surface area contributed by atoms with E-state index in [1.807, 2.05) is 19.9 Å². The summed E-state index contributed by atoms with van der Waals surface area (Å²) in [5, 5.41) is 11.8. The molecule has 0 radical (unpaired) electrons. The molecule has 0 saturated carbocycles. The van der Waals surface area contributed by atoms with Crippen LogP contribution >= 0.6 is 12.2 Å². The minimum Gasteiger partial charge on any atom is -0.389 e. The van der Waals surface area contributed by atoms with Gasteiger partial charge < -0.3 is 11.1 Å². The van der Waals surface area contributed by atoms with Gasteiger partial charge in [0, 0.05) is 6.20 Å². The van der Waals surface area contributed by atoms with Gasteiger partial charge in [0.2, 0.25) is 0 Å². The molecule has 0 atom stereocenters. The van der Waals surface area contributed by atoms with Gasteiger partial charge in [-0.25, -0.2) is 0 Å². The van der Waals surface area contributed by atoms with Gasteiger partial charge in [-0.2, -0.15) is 5.10 Å². The van der Waals surface area contributed by atoms with Gasteiger partial charge in [0.1, 0.15) is 4.99 Å². The van der Waals surface area contributed by atoms with Gasteiger partial charge in [-0.1, -0.05) is 26.1 Å². The molecular formula is C15H19N5S. The zero-order valence-electron chi connectivity index (χ0n) is 12.5. The highest BCUT2D eigenvalue weighted by atomic mass is 32.1. The molecule has 0 bridgehead atoms. The van der Waals surface area contributed by atoms with Crippen LogP contribution in [0.5, 0.6) is 0 Å². The van der Waals surface area contributed by atoms with E-state index in [2.05, 4.69) is 27.4 Å². The number of hydrogen-bond acceptors (Lipinski definition) is 5. The van der Waals surface area contributed by atoms with Crippen LogP contribution in [-0.4, -0.2) is 20.2 Å². The fraction of sp³-hybridized carbons (Fsp3) is 0.333. The lowest BCUT2D eigenvalue weighted by Crippen LogP contribution is -2.19. The van der Waals surface area contributed by atoms with Crippen LogP contribution in [0.3, 0.4) is 0 Å². The summed E-state index contributed by atoms with van der Waals surface area (Å²) in [6.07, 6.45) is 5.11. The van der Waals surface area contributed by atoms with E-state index in [4.69, 9.17) is 18.0 Å². The highest BCUT2D eigenvalue weighted by Crippen LogP contribution is 2.25. The summed E-state index contributed by atoms with van der Waals surface area (Å²) in [6.45, 7) is 6.11. The molecule has 110 valence electrons. The summed E-state index contributed by atoms with van der Waals surface area (Å²) in [5.74, 6) is 0.590. The molecule has 0 aliphatic heterocycles. The van der Waals surface area contributed by atoms with Crippen molar-refractivity contribution in [1.29, 1.82) is 0 Å². The number of hydrogen-bond donors (Lipinski definition) is 2. The van der Waals surface area contributed by atoms with Crippen molar-refractivity contribution in [3.8, 4) is 0 Å². The van der Waals surface area contributed by atoms with Crippen molar-refractivity contribution in [3.05, 3.63) is 40.8 Å². The zero-order valence-corrected chi connectivity index (χ0v) is 13.3. The average molecular weight is 301 g/mol. The van der Waals surface area contributed by atoms with Crippen LogP contribution in [0.25, 0.3) is 0 Å². The maximum atomic E-state index is 5.91. The van der Waals surface area contributed by atoms with E-state index in [0.717, 1.165) is 40.9 Å². The molecule has 0 aliphatic rings. The van der Waals surface area contributed by atoms with Gasteiger partial charge in [-0.3, -0.25) is 4.98 Å². The third-order valence-electron chi connectivity index (χ3n) is 3.38. The number of thiocarbonyl (C=S) groups is 1. The molecular weight excluding hydrogens is 282 g/mol. The fourth-order valence-electron chi connectivity index (χ4n) is 2.25. The molecule has 2 rings (SSSR count). The molecule has 2 aromatic heterocycles. The van der Waals surface area contributed by atoms with Crippen molar-refractivity contribution >= 4 is 28.7 Å². The Balaban J connectivity index is 2.54. The topological polar surface area (TPSA) is 76.7 Å². The number of nitrogens with one attached hydrogen (secondary N) is 1. The summed E-state index contributed by atoms with van der Waals surface area (Å²) in [6, 6.07) is 1.93. The van der Waals surface area contributed by atoms with Gasteiger partial charge in [0.25, 0.3) is 0 Å². The first-order valence-corrected chi connectivity index (χ1v) is 7.35. The van der Waals surface area contributed by atoms with Crippen molar-refractivity contribution in [1.82, 2.24) is 15.2 Å². The summed E-state index contributed by atoms with van der Waals surface area (Å²) in [5.41, 5.74) is 10.6. The molecule has 0 spiro atoms. The van der Waals surface area contributed by atoms with Crippen LogP contribution in [-0.2, 0) is 12.8 Å². The third-order valence-corrected chi connectivity index (χ3v) is 3.59. The highest BCUT2D eigenvalue weighted by Gasteiger charge is 2.17. The second-order valence-corrected chi connectivity index (χ2v) is 5.18. The van der Waals surface area contributed by atoms with Gasteiger partial charge in [0.15, 0.2) is 5.82 Å². The van der Waals surface area contributed by atoms with E-state index < -0.39 is 0 Å². The first-order valence-electron chi connectivity index (χ1n) is 6.94. The molecule has 6 heteroatoms. The molecule has 0 amide bonds. The Hall–Kier alpha value is -2.08. The van der Waals surface area contributed by atoms with Gasteiger partial charge in [-0.15, -0.1) is 5.10 Å². The van der Waals surface area contributed by atoms with Gasteiger partial charge in [0.05, 0.1) is 23.1 Å². The second kappa shape index (κ2) is 6.58. The van der Waals surface area contributed by atoms with E-state index >= 15 is 0 Å². The lowest BCUT2D eigenvalue weighted by Gasteiger charge is -2.16. The highest BCUT2D eigenvalue weighted by molar-refractivity contribution is 7.80. The Labute approximate surface area is 130 Å². The lowest BCUT2D eigenvalue weighted by atomic mass is 10.0. The van der Waals surface area contributed by atoms with Gasteiger partial charge in [-0.05, 0) is 37.0 Å². The molecule has 2 heterocycles. The minimum atomic E-state index is 0.334. The standard InChI is InChI=1S/C15H19N5S/c1-4-10-11(5-2)19-20-15(13(10)14(16)21)18-12-8-17-7-6-9(12)3/h6-8H,4-5H2,1-3H3,(H2,16,21)(H,18,20). The van der Waals surface area contributed by atoms with E-state index in [0.29, 0.717) is 10.8 Å². The van der Waals surface area contributed by atoms with Crippen molar-refractivity contribution in [2.75, 3.05) is 5.32 Å². The number of aryl methyl sites for hydroxylation is 2. The molecule has 2 aromatic rings. The molecule has 0 unspecified atom stereocenters. The Morgan fingerprint density at radius 3 is 2.62 bits per heavy atom. The summed E-state index contributed by atoms with van der Waals surface area (Å²) >= 11 is 5.21. The molecule has 0 aromatic carbocycles. The van der Waals surface area contributed by atoms with Crippen molar-refractivity contribution < 1.29 is 0 Å². The Bertz CT molecular complexity index is 669. The normalized spacial score (nSPS) is 10.4. The molecule has 3 N–H and O–H groups in total. The monoisotopic (exact) mass is 301 g/mol. The van der Waals surface area contributed by atoms with Crippen molar-refractivity contribution in [3.63, 3.8) is 0 Å². The molecule has 0 aliphatic carbocycles. The summed E-state index contributed by atoms with van der Waals surface area (Å²) < 4.78 is 0. The van der Waals surface area contributed by atoms with E-state index in [9.17, 15) is 0 Å². The van der Waals surface area contributed by atoms with Crippen LogP contribution in [0.15, 0.2) is 18.5 Å². The average Bonchev–Trinajstić information content (AvgIpc) is 2.48. The molecule has 21 heavy (non-hydrogen) atoms. The lowest BCUT2D eigenvalue weighted by molar-refractivity contribution is 0.879. The molecule has 0 fully saturated rings. The number of aromatic nitrogens is 3. The fourth-order valence-corrected chi connectivity index (χ4v) is 2.47. The first kappa shape index (κ1) is 15.3. The maximum absolute atomic E-state index is 5.91. The largest absolute Gasteiger partial charge is 0.389 e. The Kier molecular flexibility index (Phi) is 4.80. The second-order valence-electron chi connectivity index (χ2n) is 4.74. The van der Waals surface area contributed by atoms with Crippen LogP contribution in [0.4, 0.5) is 11.5 Å². The predicted octanol–water partition coefficient (Wildman–Crippen LogP) is 2.68. The van der Waals surface area contributed by atoms with Crippen molar-refractivity contribution in [2.24, 2.45) is 5.73 Å². The predicted molar refractivity (Wildman–Crippen MR) is 88.9 cm³/mol. The number of anilines is 2. The molecule has 5 nitrogen and oxygen atoms in total. The third kappa shape index (κ3) is 3.16. The number of nitrogens with two attached hydrogens (primary N) is 1. The van der Waals surface area contributed by atoms with Crippen LogP contribution in [0.1, 0.15) is 36.2 Å². The first-order chi connectivity index (χ1) is 10.1. The SMILES string of the molecule is CCc1nnc(Nc2cnccc2C)c(C(N)=S)c1CC. The molecule has 0 saturated heterocycles. The van der Waals surface area contributed by atoms with E-state index in [1.165, 1.54) is 0 Å². The minimum absolute atomic E-state index is 0.334. The van der Waals surface area contributed by atoms with E-state index in [-0.39, 0.29) is 0 Å². The Morgan fingerprint density at radius 1 is 1.29 bits per heavy atom.